The molecule has 3 rings (SSSR count). The van der Waals surface area contributed by atoms with Crippen molar-refractivity contribution in [2.24, 2.45) is 5.92 Å². The Kier molecular flexibility index (Phi) is 4.45. The molecular weight excluding hydrogens is 314 g/mol. The van der Waals surface area contributed by atoms with Gasteiger partial charge < -0.3 is 0 Å². The molecule has 0 bridgehead atoms. The van der Waals surface area contributed by atoms with Gasteiger partial charge in [0.15, 0.2) is 0 Å². The minimum atomic E-state index is -3.13. The summed E-state index contributed by atoms with van der Waals surface area (Å²) in [6.07, 6.45) is 7.20. The Morgan fingerprint density at radius 1 is 1.35 bits per heavy atom. The van der Waals surface area contributed by atoms with Gasteiger partial charge in [-0.25, -0.2) is 12.7 Å². The summed E-state index contributed by atoms with van der Waals surface area (Å²) >= 11 is 0. The number of piperidine rings is 1. The number of H-pyrrole nitrogens is 1. The zero-order valence-corrected chi connectivity index (χ0v) is 14.2. The first-order chi connectivity index (χ1) is 10.9. The third-order valence-electron chi connectivity index (χ3n) is 4.16. The van der Waals surface area contributed by atoms with Crippen molar-refractivity contribution >= 4 is 10.0 Å². The van der Waals surface area contributed by atoms with E-state index >= 15 is 0 Å². The highest BCUT2D eigenvalue weighted by atomic mass is 32.2. The van der Waals surface area contributed by atoms with E-state index < -0.39 is 10.0 Å². The lowest BCUT2D eigenvalue weighted by Gasteiger charge is -2.30. The summed E-state index contributed by atoms with van der Waals surface area (Å²) in [5, 5.41) is 7.18. The number of sulfonamides is 1. The molecule has 8 heteroatoms. The molecule has 0 aliphatic carbocycles. The number of nitrogens with zero attached hydrogens (tertiary/aromatic N) is 4. The summed E-state index contributed by atoms with van der Waals surface area (Å²) in [5.74, 6) is 0.258. The molecule has 1 fully saturated rings. The molecule has 7 nitrogen and oxygen atoms in total. The summed E-state index contributed by atoms with van der Waals surface area (Å²) in [6.45, 7) is 3.10. The number of rotatable bonds is 4. The van der Waals surface area contributed by atoms with Crippen molar-refractivity contribution in [3.8, 4) is 11.4 Å². The van der Waals surface area contributed by atoms with Crippen LogP contribution in [-0.2, 0) is 16.4 Å². The molecule has 2 aromatic rings. The smallest absolute Gasteiger partial charge is 0.211 e. The van der Waals surface area contributed by atoms with Crippen LogP contribution >= 0.6 is 0 Å². The van der Waals surface area contributed by atoms with Crippen molar-refractivity contribution in [3.05, 3.63) is 29.8 Å². The second kappa shape index (κ2) is 6.37. The van der Waals surface area contributed by atoms with Crippen LogP contribution in [0.25, 0.3) is 11.4 Å². The molecule has 1 aliphatic heterocycles. The highest BCUT2D eigenvalue weighted by Gasteiger charge is 2.27. The summed E-state index contributed by atoms with van der Waals surface area (Å²) < 4.78 is 25.1. The van der Waals surface area contributed by atoms with E-state index in [0.29, 0.717) is 19.5 Å². The van der Waals surface area contributed by atoms with Gasteiger partial charge in [0, 0.05) is 31.2 Å². The fourth-order valence-electron chi connectivity index (χ4n) is 3.04. The second-order valence-corrected chi connectivity index (χ2v) is 8.10. The van der Waals surface area contributed by atoms with Crippen LogP contribution in [0.2, 0.25) is 0 Å². The Bertz CT molecular complexity index is 787. The number of hydrogen-bond acceptors (Lipinski definition) is 5. The summed E-state index contributed by atoms with van der Waals surface area (Å²) in [5.41, 5.74) is 3.39. The Hall–Kier alpha value is -1.80. The monoisotopic (exact) mass is 335 g/mol. The average Bonchev–Trinajstić information content (AvgIpc) is 2.94. The minimum Gasteiger partial charge on any atom is -0.282 e. The lowest BCUT2D eigenvalue weighted by Crippen LogP contribution is -2.39. The van der Waals surface area contributed by atoms with Crippen molar-refractivity contribution in [1.82, 2.24) is 24.5 Å². The van der Waals surface area contributed by atoms with Crippen LogP contribution in [0.1, 0.15) is 24.2 Å². The Morgan fingerprint density at radius 3 is 2.83 bits per heavy atom. The van der Waals surface area contributed by atoms with E-state index in [4.69, 9.17) is 0 Å². The molecule has 1 atom stereocenters. The molecule has 1 saturated heterocycles. The Balaban J connectivity index is 1.81. The summed E-state index contributed by atoms with van der Waals surface area (Å²) in [4.78, 5) is 8.88. The molecule has 0 radical (unpaired) electrons. The standard InChI is InChI=1S/C15H21N5O2S/c1-11-8-14(19-18-11)15-13(16-5-6-17-15)9-12-4-3-7-20(10-12)23(2,21)22/h5-6,8,12H,3-4,7,9-10H2,1-2H3,(H,18,19). The molecule has 1 unspecified atom stereocenters. The van der Waals surface area contributed by atoms with Crippen molar-refractivity contribution in [2.45, 2.75) is 26.2 Å². The number of aromatic nitrogens is 4. The van der Waals surface area contributed by atoms with Crippen LogP contribution in [0.4, 0.5) is 0 Å². The van der Waals surface area contributed by atoms with Gasteiger partial charge in [0.25, 0.3) is 0 Å². The highest BCUT2D eigenvalue weighted by Crippen LogP contribution is 2.25. The third kappa shape index (κ3) is 3.76. The van der Waals surface area contributed by atoms with Gasteiger partial charge in [0.2, 0.25) is 10.0 Å². The molecule has 124 valence electrons. The molecule has 0 amide bonds. The maximum Gasteiger partial charge on any atom is 0.211 e. The first kappa shape index (κ1) is 16.1. The zero-order chi connectivity index (χ0) is 16.4. The van der Waals surface area contributed by atoms with Crippen molar-refractivity contribution in [3.63, 3.8) is 0 Å². The van der Waals surface area contributed by atoms with Gasteiger partial charge in [-0.05, 0) is 38.2 Å². The predicted molar refractivity (Wildman–Crippen MR) is 87.2 cm³/mol. The fraction of sp³-hybridized carbons (Fsp3) is 0.533. The van der Waals surface area contributed by atoms with Crippen LogP contribution in [-0.4, -0.2) is 52.2 Å². The first-order valence-corrected chi connectivity index (χ1v) is 9.55. The topological polar surface area (TPSA) is 91.8 Å². The lowest BCUT2D eigenvalue weighted by atomic mass is 9.93. The normalized spacial score (nSPS) is 19.8. The fourth-order valence-corrected chi connectivity index (χ4v) is 3.98. The predicted octanol–water partition coefficient (Wildman–Crippen LogP) is 1.39. The molecule has 1 aliphatic rings. The molecule has 0 spiro atoms. The van der Waals surface area contributed by atoms with Gasteiger partial charge in [-0.15, -0.1) is 0 Å². The van der Waals surface area contributed by atoms with Crippen molar-refractivity contribution in [2.75, 3.05) is 19.3 Å². The third-order valence-corrected chi connectivity index (χ3v) is 5.43. The maximum absolute atomic E-state index is 11.8. The van der Waals surface area contributed by atoms with Crippen LogP contribution < -0.4 is 0 Å². The number of aryl methyl sites for hydroxylation is 1. The summed E-state index contributed by atoms with van der Waals surface area (Å²) in [6, 6.07) is 1.94. The largest absolute Gasteiger partial charge is 0.282 e. The Morgan fingerprint density at radius 2 is 2.13 bits per heavy atom. The number of nitrogens with one attached hydrogen (secondary N) is 1. The van der Waals surface area contributed by atoms with Crippen LogP contribution in [0, 0.1) is 12.8 Å². The van der Waals surface area contributed by atoms with Crippen LogP contribution in [0.3, 0.4) is 0 Å². The second-order valence-electron chi connectivity index (χ2n) is 6.12. The maximum atomic E-state index is 11.8. The molecular formula is C15H21N5O2S. The van der Waals surface area contributed by atoms with Crippen molar-refractivity contribution < 1.29 is 8.42 Å². The number of aromatic amines is 1. The van der Waals surface area contributed by atoms with E-state index in [1.165, 1.54) is 6.26 Å². The molecule has 0 saturated carbocycles. The van der Waals surface area contributed by atoms with Gasteiger partial charge in [-0.1, -0.05) is 0 Å². The van der Waals surface area contributed by atoms with Gasteiger partial charge in [-0.2, -0.15) is 5.10 Å². The molecule has 1 N–H and O–H groups in total. The molecule has 0 aromatic carbocycles. The van der Waals surface area contributed by atoms with E-state index in [9.17, 15) is 8.42 Å². The zero-order valence-electron chi connectivity index (χ0n) is 13.4. The minimum absolute atomic E-state index is 0.258. The van der Waals surface area contributed by atoms with Gasteiger partial charge in [0.1, 0.15) is 11.4 Å². The average molecular weight is 335 g/mol. The van der Waals surface area contributed by atoms with Crippen molar-refractivity contribution in [1.29, 1.82) is 0 Å². The molecule has 23 heavy (non-hydrogen) atoms. The van der Waals surface area contributed by atoms with E-state index in [0.717, 1.165) is 35.6 Å². The quantitative estimate of drug-likeness (QED) is 0.911. The van der Waals surface area contributed by atoms with E-state index in [1.807, 2.05) is 13.0 Å². The van der Waals surface area contributed by atoms with E-state index in [2.05, 4.69) is 20.2 Å². The molecule has 2 aromatic heterocycles. The van der Waals surface area contributed by atoms with Gasteiger partial charge in [0.05, 0.1) is 11.9 Å². The van der Waals surface area contributed by atoms with Crippen LogP contribution in [0.15, 0.2) is 18.5 Å². The SMILES string of the molecule is Cc1cc(-c2nccnc2CC2CCCN(S(C)(=O)=O)C2)n[nH]1. The van der Waals surface area contributed by atoms with E-state index in [-0.39, 0.29) is 5.92 Å². The lowest BCUT2D eigenvalue weighted by molar-refractivity contribution is 0.265. The molecule has 3 heterocycles. The first-order valence-electron chi connectivity index (χ1n) is 7.71. The van der Waals surface area contributed by atoms with Gasteiger partial charge >= 0.3 is 0 Å². The highest BCUT2D eigenvalue weighted by molar-refractivity contribution is 7.88. The van der Waals surface area contributed by atoms with Crippen LogP contribution in [0.5, 0.6) is 0 Å². The van der Waals surface area contributed by atoms with Gasteiger partial charge in [-0.3, -0.25) is 15.1 Å². The Labute approximate surface area is 136 Å². The summed E-state index contributed by atoms with van der Waals surface area (Å²) in [7, 11) is -3.13. The number of hydrogen-bond donors (Lipinski definition) is 1. The van der Waals surface area contributed by atoms with E-state index in [1.54, 1.807) is 16.7 Å².